The number of rotatable bonds is 9. The lowest BCUT2D eigenvalue weighted by molar-refractivity contribution is -0.141. The molecule has 3 N–H and O–H groups in total. The van der Waals surface area contributed by atoms with Crippen LogP contribution in [0.2, 0.25) is 0 Å². The van der Waals surface area contributed by atoms with Gasteiger partial charge in [0.25, 0.3) is 5.91 Å². The first-order valence-corrected chi connectivity index (χ1v) is 13.3. The predicted octanol–water partition coefficient (Wildman–Crippen LogP) is 1.77. The first-order chi connectivity index (χ1) is 17.7. The highest BCUT2D eigenvalue weighted by Crippen LogP contribution is 2.47. The third-order valence-corrected chi connectivity index (χ3v) is 8.71. The third-order valence-electron chi connectivity index (χ3n) is 8.71. The Morgan fingerprint density at radius 3 is 2.57 bits per heavy atom. The van der Waals surface area contributed by atoms with Crippen LogP contribution in [0.3, 0.4) is 0 Å². The van der Waals surface area contributed by atoms with E-state index in [1.165, 1.54) is 17.7 Å². The molecule has 3 aliphatic heterocycles. The van der Waals surface area contributed by atoms with E-state index in [0.29, 0.717) is 24.0 Å². The highest BCUT2D eigenvalue weighted by Gasteiger charge is 2.49. The van der Waals surface area contributed by atoms with Gasteiger partial charge in [-0.05, 0) is 55.9 Å². The van der Waals surface area contributed by atoms with E-state index < -0.39 is 30.1 Å². The Hall–Kier alpha value is -2.62. The molecule has 3 fully saturated rings. The van der Waals surface area contributed by atoms with Gasteiger partial charge in [0.05, 0.1) is 32.9 Å². The van der Waals surface area contributed by atoms with E-state index >= 15 is 0 Å². The summed E-state index contributed by atoms with van der Waals surface area (Å²) in [7, 11) is 1.61. The lowest BCUT2D eigenvalue weighted by Gasteiger charge is -2.41. The number of methoxy groups -OCH3 is 1. The molecule has 1 unspecified atom stereocenters. The van der Waals surface area contributed by atoms with Crippen LogP contribution >= 0.6 is 0 Å². The van der Waals surface area contributed by atoms with Gasteiger partial charge in [-0.3, -0.25) is 4.79 Å². The van der Waals surface area contributed by atoms with Crippen molar-refractivity contribution >= 4 is 12.1 Å². The monoisotopic (exact) mass is 513 g/mol. The normalized spacial score (nSPS) is 29.5. The van der Waals surface area contributed by atoms with E-state index in [4.69, 9.17) is 14.5 Å². The summed E-state index contributed by atoms with van der Waals surface area (Å²) in [6, 6.07) is 5.75. The molecule has 1 aliphatic carbocycles. The second-order valence-electron chi connectivity index (χ2n) is 11.3. The number of hydrogen-bond acceptors (Lipinski definition) is 8. The van der Waals surface area contributed by atoms with Gasteiger partial charge in [0.1, 0.15) is 11.9 Å². The zero-order valence-electron chi connectivity index (χ0n) is 21.9. The standard InChI is InChI=1S/C28H39N3O6/c1-17(33)28(2)16-31(27(35)23(34)15-32)14-22(28)19-6-8-24(36-3)25(10-19)37-21-12-30(13-21)26-9-7-20(11-29-26)18-4-5-18/h6,8-11,17-18,20-23,32-34H,4-5,7,12-16H2,1-3H3/t17-,20?,22+,23+,28+/m1/s1. The molecule has 3 heterocycles. The summed E-state index contributed by atoms with van der Waals surface area (Å²) in [6.45, 7) is 5.15. The lowest BCUT2D eigenvalue weighted by atomic mass is 9.72. The van der Waals surface area contributed by atoms with Crippen molar-refractivity contribution in [3.63, 3.8) is 0 Å². The molecule has 1 amide bonds. The quantitative estimate of drug-likeness (QED) is 0.461. The number of amides is 1. The van der Waals surface area contributed by atoms with Crippen molar-refractivity contribution in [1.29, 1.82) is 0 Å². The Kier molecular flexibility index (Phi) is 7.22. The maximum atomic E-state index is 12.6. The number of ether oxygens (including phenoxy) is 2. The van der Waals surface area contributed by atoms with Crippen molar-refractivity contribution in [3.8, 4) is 11.5 Å². The topological polar surface area (TPSA) is 115 Å². The fourth-order valence-electron chi connectivity index (χ4n) is 5.84. The second-order valence-corrected chi connectivity index (χ2v) is 11.3. The van der Waals surface area contributed by atoms with E-state index in [1.54, 1.807) is 14.0 Å². The number of carbonyl (C=O) groups is 1. The molecule has 1 aromatic carbocycles. The van der Waals surface area contributed by atoms with Crippen LogP contribution in [-0.4, -0.2) is 95.4 Å². The lowest BCUT2D eigenvalue weighted by Crippen LogP contribution is -2.53. The maximum absolute atomic E-state index is 12.6. The number of hydrogen-bond donors (Lipinski definition) is 3. The zero-order valence-corrected chi connectivity index (χ0v) is 21.9. The van der Waals surface area contributed by atoms with Crippen LogP contribution in [-0.2, 0) is 4.79 Å². The van der Waals surface area contributed by atoms with E-state index in [-0.39, 0.29) is 18.6 Å². The Balaban J connectivity index is 1.28. The van der Waals surface area contributed by atoms with Gasteiger partial charge in [0, 0.05) is 36.6 Å². The number of likely N-dealkylation sites (tertiary alicyclic amines) is 2. The maximum Gasteiger partial charge on any atom is 0.253 e. The Labute approximate surface area is 218 Å². The molecular weight excluding hydrogens is 474 g/mol. The number of aliphatic imine (C=N–C) groups is 1. The summed E-state index contributed by atoms with van der Waals surface area (Å²) < 4.78 is 11.9. The van der Waals surface area contributed by atoms with Crippen molar-refractivity contribution in [3.05, 3.63) is 35.7 Å². The molecule has 37 heavy (non-hydrogen) atoms. The van der Waals surface area contributed by atoms with Crippen molar-refractivity contribution in [1.82, 2.24) is 9.80 Å². The number of aliphatic hydroxyl groups is 3. The Morgan fingerprint density at radius 1 is 1.22 bits per heavy atom. The van der Waals surface area contributed by atoms with Gasteiger partial charge >= 0.3 is 0 Å². The van der Waals surface area contributed by atoms with Crippen LogP contribution in [0.1, 0.15) is 44.6 Å². The van der Waals surface area contributed by atoms with Gasteiger partial charge in [0.15, 0.2) is 17.6 Å². The van der Waals surface area contributed by atoms with Gasteiger partial charge in [-0.25, -0.2) is 4.99 Å². The summed E-state index contributed by atoms with van der Waals surface area (Å²) in [5, 5.41) is 29.8. The van der Waals surface area contributed by atoms with Crippen molar-refractivity contribution in [2.24, 2.45) is 22.2 Å². The molecule has 0 bridgehead atoms. The molecule has 5 rings (SSSR count). The van der Waals surface area contributed by atoms with E-state index in [0.717, 1.165) is 36.8 Å². The molecule has 1 saturated carbocycles. The predicted molar refractivity (Wildman–Crippen MR) is 139 cm³/mol. The molecule has 9 nitrogen and oxygen atoms in total. The third kappa shape index (κ3) is 5.09. The van der Waals surface area contributed by atoms with Crippen LogP contribution in [0.5, 0.6) is 11.5 Å². The van der Waals surface area contributed by atoms with Gasteiger partial charge < -0.3 is 34.6 Å². The molecule has 2 saturated heterocycles. The number of benzene rings is 1. The first-order valence-electron chi connectivity index (χ1n) is 13.3. The minimum absolute atomic E-state index is 0.00547. The first kappa shape index (κ1) is 26.0. The molecule has 0 spiro atoms. The molecule has 0 aromatic heterocycles. The van der Waals surface area contributed by atoms with Gasteiger partial charge in [-0.1, -0.05) is 13.0 Å². The van der Waals surface area contributed by atoms with Gasteiger partial charge in [0.2, 0.25) is 0 Å². The number of allylic oxidation sites excluding steroid dienone is 1. The number of carbonyl (C=O) groups excluding carboxylic acids is 1. The van der Waals surface area contributed by atoms with Gasteiger partial charge in [-0.2, -0.15) is 0 Å². The van der Waals surface area contributed by atoms with Crippen LogP contribution in [0, 0.1) is 17.3 Å². The Bertz CT molecular complexity index is 1060. The molecular formula is C28H39N3O6. The molecule has 1 aromatic rings. The summed E-state index contributed by atoms with van der Waals surface area (Å²) in [4.78, 5) is 21.1. The molecule has 0 radical (unpaired) electrons. The average Bonchev–Trinajstić information content (AvgIpc) is 3.67. The van der Waals surface area contributed by atoms with Crippen LogP contribution in [0.4, 0.5) is 0 Å². The van der Waals surface area contributed by atoms with Crippen LogP contribution in [0.25, 0.3) is 0 Å². The summed E-state index contributed by atoms with van der Waals surface area (Å²) >= 11 is 0. The van der Waals surface area contributed by atoms with E-state index in [9.17, 15) is 20.1 Å². The second kappa shape index (κ2) is 10.3. The minimum atomic E-state index is -1.46. The SMILES string of the molecule is COc1ccc([C@@H]2CN(C(=O)[C@@H](O)CO)C[C@@]2(C)[C@@H](C)O)cc1OC1CN(C2=CCC(C3CC3)C=N2)C1. The fraction of sp³-hybridized carbons (Fsp3) is 0.643. The van der Waals surface area contributed by atoms with E-state index in [2.05, 4.69) is 17.2 Å². The average molecular weight is 514 g/mol. The molecule has 9 heteroatoms. The number of aliphatic hydroxyl groups excluding tert-OH is 3. The van der Waals surface area contributed by atoms with Gasteiger partial charge in [-0.15, -0.1) is 0 Å². The summed E-state index contributed by atoms with van der Waals surface area (Å²) in [5.41, 5.74) is 0.295. The minimum Gasteiger partial charge on any atom is -0.493 e. The molecule has 202 valence electrons. The summed E-state index contributed by atoms with van der Waals surface area (Å²) in [5.74, 6) is 3.01. The van der Waals surface area contributed by atoms with Crippen molar-refractivity contribution in [2.75, 3.05) is 39.9 Å². The highest BCUT2D eigenvalue weighted by molar-refractivity contribution is 5.81. The van der Waals surface area contributed by atoms with Crippen LogP contribution in [0.15, 0.2) is 35.1 Å². The largest absolute Gasteiger partial charge is 0.493 e. The van der Waals surface area contributed by atoms with Crippen molar-refractivity contribution in [2.45, 2.75) is 57.3 Å². The molecule has 5 atom stereocenters. The Morgan fingerprint density at radius 2 is 1.97 bits per heavy atom. The summed E-state index contributed by atoms with van der Waals surface area (Å²) in [6.07, 6.45) is 5.95. The molecule has 4 aliphatic rings. The van der Waals surface area contributed by atoms with E-state index in [1.807, 2.05) is 25.1 Å². The van der Waals surface area contributed by atoms with Crippen LogP contribution < -0.4 is 9.47 Å². The highest BCUT2D eigenvalue weighted by atomic mass is 16.5. The number of nitrogens with zero attached hydrogens (tertiary/aromatic N) is 3. The van der Waals surface area contributed by atoms with Crippen molar-refractivity contribution < 1.29 is 29.6 Å². The fourth-order valence-corrected chi connectivity index (χ4v) is 5.84. The smallest absolute Gasteiger partial charge is 0.253 e. The zero-order chi connectivity index (χ0) is 26.3.